The van der Waals surface area contributed by atoms with E-state index in [1.54, 1.807) is 21.9 Å². The first kappa shape index (κ1) is 15.2. The molecule has 3 rings (SSSR count). The lowest BCUT2D eigenvalue weighted by Crippen LogP contribution is -2.51. The van der Waals surface area contributed by atoms with Crippen molar-refractivity contribution in [3.63, 3.8) is 0 Å². The number of nitrogens with zero attached hydrogens (tertiary/aromatic N) is 4. The molecule has 1 aromatic heterocycles. The minimum atomic E-state index is -0.292. The van der Waals surface area contributed by atoms with E-state index in [-0.39, 0.29) is 23.9 Å². The highest BCUT2D eigenvalue weighted by Crippen LogP contribution is 2.09. The Balaban J connectivity index is 1.78. The summed E-state index contributed by atoms with van der Waals surface area (Å²) in [5.74, 6) is -0.0971. The van der Waals surface area contributed by atoms with Gasteiger partial charge in [-0.15, -0.1) is 0 Å². The van der Waals surface area contributed by atoms with Gasteiger partial charge in [-0.2, -0.15) is 0 Å². The highest BCUT2D eigenvalue weighted by Gasteiger charge is 2.23. The van der Waals surface area contributed by atoms with Crippen LogP contribution in [0.1, 0.15) is 6.92 Å². The number of amides is 2. The van der Waals surface area contributed by atoms with Crippen molar-refractivity contribution in [3.05, 3.63) is 40.8 Å². The van der Waals surface area contributed by atoms with Gasteiger partial charge in [-0.1, -0.05) is 12.1 Å². The van der Waals surface area contributed by atoms with Gasteiger partial charge >= 0.3 is 0 Å². The maximum absolute atomic E-state index is 12.5. The van der Waals surface area contributed by atoms with E-state index in [9.17, 15) is 14.4 Å². The summed E-state index contributed by atoms with van der Waals surface area (Å²) in [6, 6.07) is 7.25. The van der Waals surface area contributed by atoms with Crippen molar-refractivity contribution in [1.82, 2.24) is 19.4 Å². The molecule has 7 nitrogen and oxygen atoms in total. The maximum Gasteiger partial charge on any atom is 0.269 e. The molecular weight excluding hydrogens is 296 g/mol. The first-order valence-corrected chi connectivity index (χ1v) is 7.54. The SMILES string of the molecule is CC(=O)N1CCN(C(=O)Cn2c(=O)cnc3ccccc32)CC1. The van der Waals surface area contributed by atoms with E-state index in [0.29, 0.717) is 37.2 Å². The summed E-state index contributed by atoms with van der Waals surface area (Å²) in [4.78, 5) is 43.4. The summed E-state index contributed by atoms with van der Waals surface area (Å²) in [5, 5.41) is 0. The molecule has 1 aromatic carbocycles. The van der Waals surface area contributed by atoms with E-state index in [0.717, 1.165) is 0 Å². The normalized spacial score (nSPS) is 15.0. The second kappa shape index (κ2) is 6.20. The molecule has 1 saturated heterocycles. The molecule has 0 radical (unpaired) electrons. The van der Waals surface area contributed by atoms with Crippen molar-refractivity contribution >= 4 is 22.8 Å². The molecule has 1 fully saturated rings. The van der Waals surface area contributed by atoms with E-state index >= 15 is 0 Å². The molecule has 1 aliphatic rings. The molecule has 2 aromatic rings. The zero-order valence-corrected chi connectivity index (χ0v) is 12.9. The van der Waals surface area contributed by atoms with Crippen LogP contribution in [0.5, 0.6) is 0 Å². The summed E-state index contributed by atoms with van der Waals surface area (Å²) in [6.07, 6.45) is 1.24. The van der Waals surface area contributed by atoms with Crippen LogP contribution in [0.15, 0.2) is 35.3 Å². The number of carbonyl (C=O) groups excluding carboxylic acids is 2. The van der Waals surface area contributed by atoms with E-state index < -0.39 is 0 Å². The lowest BCUT2D eigenvalue weighted by Gasteiger charge is -2.34. The Morgan fingerprint density at radius 3 is 2.43 bits per heavy atom. The van der Waals surface area contributed by atoms with E-state index in [4.69, 9.17) is 0 Å². The standard InChI is InChI=1S/C16H18N4O3/c1-12(21)18-6-8-19(9-7-18)16(23)11-20-14-5-3-2-4-13(14)17-10-15(20)22/h2-5,10H,6-9,11H2,1H3. The van der Waals surface area contributed by atoms with Crippen molar-refractivity contribution in [2.75, 3.05) is 26.2 Å². The molecule has 0 N–H and O–H groups in total. The first-order chi connectivity index (χ1) is 11.1. The Morgan fingerprint density at radius 1 is 1.09 bits per heavy atom. The molecular formula is C16H18N4O3. The Bertz CT molecular complexity index is 806. The average molecular weight is 314 g/mol. The van der Waals surface area contributed by atoms with Gasteiger partial charge in [-0.25, -0.2) is 4.98 Å². The fraction of sp³-hybridized carbons (Fsp3) is 0.375. The van der Waals surface area contributed by atoms with Crippen molar-refractivity contribution in [2.24, 2.45) is 0 Å². The molecule has 2 heterocycles. The number of carbonyl (C=O) groups is 2. The summed E-state index contributed by atoms with van der Waals surface area (Å²) < 4.78 is 1.45. The predicted molar refractivity (Wildman–Crippen MR) is 84.8 cm³/mol. The lowest BCUT2D eigenvalue weighted by molar-refractivity contribution is -0.138. The van der Waals surface area contributed by atoms with Gasteiger partial charge in [0.2, 0.25) is 11.8 Å². The van der Waals surface area contributed by atoms with Gasteiger partial charge in [-0.3, -0.25) is 19.0 Å². The van der Waals surface area contributed by atoms with Gasteiger partial charge < -0.3 is 9.80 Å². The topological polar surface area (TPSA) is 75.5 Å². The van der Waals surface area contributed by atoms with Crippen LogP contribution in [0.4, 0.5) is 0 Å². The molecule has 23 heavy (non-hydrogen) atoms. The van der Waals surface area contributed by atoms with E-state index in [1.807, 2.05) is 12.1 Å². The number of benzene rings is 1. The number of fused-ring (bicyclic) bond motifs is 1. The van der Waals surface area contributed by atoms with Crippen LogP contribution in [0.2, 0.25) is 0 Å². The summed E-state index contributed by atoms with van der Waals surface area (Å²) >= 11 is 0. The Kier molecular flexibility index (Phi) is 4.10. The molecule has 1 aliphatic heterocycles. The van der Waals surface area contributed by atoms with Gasteiger partial charge in [0.25, 0.3) is 5.56 Å². The van der Waals surface area contributed by atoms with Crippen molar-refractivity contribution < 1.29 is 9.59 Å². The Hall–Kier alpha value is -2.70. The predicted octanol–water partition coefficient (Wildman–Crippen LogP) is 0.0872. The van der Waals surface area contributed by atoms with E-state index in [1.165, 1.54) is 17.7 Å². The summed E-state index contributed by atoms with van der Waals surface area (Å²) in [6.45, 7) is 3.58. The number of hydrogen-bond donors (Lipinski definition) is 0. The maximum atomic E-state index is 12.5. The number of aromatic nitrogens is 2. The minimum Gasteiger partial charge on any atom is -0.339 e. The number of para-hydroxylation sites is 2. The third-order valence-electron chi connectivity index (χ3n) is 4.12. The van der Waals surface area contributed by atoms with Crippen LogP contribution >= 0.6 is 0 Å². The second-order valence-corrected chi connectivity index (χ2v) is 5.56. The smallest absolute Gasteiger partial charge is 0.269 e. The number of piperazine rings is 1. The van der Waals surface area contributed by atoms with Crippen LogP contribution in [0.3, 0.4) is 0 Å². The van der Waals surface area contributed by atoms with Crippen LogP contribution in [-0.2, 0) is 16.1 Å². The second-order valence-electron chi connectivity index (χ2n) is 5.56. The zero-order valence-electron chi connectivity index (χ0n) is 12.9. The Labute approximate surface area is 133 Å². The van der Waals surface area contributed by atoms with Crippen molar-refractivity contribution in [1.29, 1.82) is 0 Å². The molecule has 7 heteroatoms. The van der Waals surface area contributed by atoms with Crippen molar-refractivity contribution in [3.8, 4) is 0 Å². The van der Waals surface area contributed by atoms with Gasteiger partial charge in [0.05, 0.1) is 17.2 Å². The fourth-order valence-electron chi connectivity index (χ4n) is 2.78. The van der Waals surface area contributed by atoms with E-state index in [2.05, 4.69) is 4.98 Å². The van der Waals surface area contributed by atoms with Gasteiger partial charge in [-0.05, 0) is 12.1 Å². The molecule has 0 spiro atoms. The Morgan fingerprint density at radius 2 is 1.74 bits per heavy atom. The lowest BCUT2D eigenvalue weighted by atomic mass is 10.2. The zero-order chi connectivity index (χ0) is 16.4. The van der Waals surface area contributed by atoms with Gasteiger partial charge in [0.1, 0.15) is 6.54 Å². The summed E-state index contributed by atoms with van der Waals surface area (Å²) in [7, 11) is 0. The van der Waals surface area contributed by atoms with Gasteiger partial charge in [0, 0.05) is 33.1 Å². The molecule has 2 amide bonds. The fourth-order valence-corrected chi connectivity index (χ4v) is 2.78. The minimum absolute atomic E-state index is 0.0120. The number of rotatable bonds is 2. The molecule has 0 saturated carbocycles. The summed E-state index contributed by atoms with van der Waals surface area (Å²) in [5.41, 5.74) is 1.04. The highest BCUT2D eigenvalue weighted by atomic mass is 16.2. The monoisotopic (exact) mass is 314 g/mol. The highest BCUT2D eigenvalue weighted by molar-refractivity contribution is 5.80. The number of hydrogen-bond acceptors (Lipinski definition) is 4. The van der Waals surface area contributed by atoms with Crippen molar-refractivity contribution in [2.45, 2.75) is 13.5 Å². The quantitative estimate of drug-likeness (QED) is 0.787. The molecule has 0 atom stereocenters. The average Bonchev–Trinajstić information content (AvgIpc) is 2.57. The molecule has 0 unspecified atom stereocenters. The van der Waals surface area contributed by atoms with Crippen LogP contribution < -0.4 is 5.56 Å². The molecule has 120 valence electrons. The van der Waals surface area contributed by atoms with Crippen LogP contribution in [0.25, 0.3) is 11.0 Å². The third-order valence-corrected chi connectivity index (χ3v) is 4.12. The van der Waals surface area contributed by atoms with Gasteiger partial charge in [0.15, 0.2) is 0 Å². The molecule has 0 bridgehead atoms. The third kappa shape index (κ3) is 3.08. The largest absolute Gasteiger partial charge is 0.339 e. The van der Waals surface area contributed by atoms with Crippen LogP contribution in [-0.4, -0.2) is 57.3 Å². The van der Waals surface area contributed by atoms with Crippen LogP contribution in [0, 0.1) is 0 Å². The molecule has 0 aliphatic carbocycles. The first-order valence-electron chi connectivity index (χ1n) is 7.54.